The summed E-state index contributed by atoms with van der Waals surface area (Å²) in [6.45, 7) is 3.87. The molecule has 0 aliphatic rings. The molecule has 0 saturated heterocycles. The molecule has 4 heteroatoms. The molecule has 0 spiro atoms. The number of benzene rings is 4. The molecule has 0 saturated carbocycles. The average molecular weight is 370 g/mol. The van der Waals surface area contributed by atoms with Crippen molar-refractivity contribution < 1.29 is 17.6 Å². The smallest absolute Gasteiger partial charge is 0.159 e. The van der Waals surface area contributed by atoms with Crippen LogP contribution in [-0.2, 0) is 6.42 Å². The van der Waals surface area contributed by atoms with Crippen molar-refractivity contribution in [2.45, 2.75) is 33.1 Å². The molecule has 0 heterocycles. The summed E-state index contributed by atoms with van der Waals surface area (Å²) in [6.07, 6.45) is 2.59. The maximum Gasteiger partial charge on any atom is 0.159 e. The van der Waals surface area contributed by atoms with E-state index in [2.05, 4.69) is 6.92 Å². The second-order valence-electron chi connectivity index (χ2n) is 7.05. The van der Waals surface area contributed by atoms with Crippen molar-refractivity contribution in [2.75, 3.05) is 0 Å². The van der Waals surface area contributed by atoms with Gasteiger partial charge in [0.05, 0.1) is 0 Å². The van der Waals surface area contributed by atoms with Crippen LogP contribution >= 0.6 is 0 Å². The van der Waals surface area contributed by atoms with Gasteiger partial charge in [0.25, 0.3) is 0 Å². The number of hydrogen-bond donors (Lipinski definition) is 0. The molecule has 0 amide bonds. The molecule has 4 aromatic rings. The molecule has 0 unspecified atom stereocenters. The molecule has 0 fully saturated rings. The van der Waals surface area contributed by atoms with Gasteiger partial charge in [-0.2, -0.15) is 0 Å². The van der Waals surface area contributed by atoms with E-state index in [1.807, 2.05) is 19.1 Å². The van der Waals surface area contributed by atoms with Gasteiger partial charge >= 0.3 is 0 Å². The monoisotopic (exact) mass is 370 g/mol. The molecular weight excluding hydrogens is 352 g/mol. The average Bonchev–Trinajstić information content (AvgIpc) is 2.63. The van der Waals surface area contributed by atoms with Crippen LogP contribution in [0.2, 0.25) is 0 Å². The van der Waals surface area contributed by atoms with E-state index in [4.69, 9.17) is 0 Å². The van der Waals surface area contributed by atoms with Gasteiger partial charge in [-0.15, -0.1) is 0 Å². The van der Waals surface area contributed by atoms with Crippen LogP contribution in [0.5, 0.6) is 0 Å². The number of aryl methyl sites for hydroxylation is 2. The Labute approximate surface area is 154 Å². The van der Waals surface area contributed by atoms with E-state index in [1.54, 1.807) is 0 Å². The summed E-state index contributed by atoms with van der Waals surface area (Å²) in [5.41, 5.74) is 1.69. The molecule has 138 valence electrons. The van der Waals surface area contributed by atoms with Crippen LogP contribution < -0.4 is 0 Å². The molecule has 0 nitrogen and oxygen atoms in total. The summed E-state index contributed by atoms with van der Waals surface area (Å²) < 4.78 is 55.6. The quantitative estimate of drug-likeness (QED) is 0.261. The Balaban J connectivity index is 2.24. The summed E-state index contributed by atoms with van der Waals surface area (Å²) in [6, 6.07) is 8.49. The zero-order chi connectivity index (χ0) is 19.3. The highest BCUT2D eigenvalue weighted by Gasteiger charge is 2.16. The van der Waals surface area contributed by atoms with E-state index in [0.29, 0.717) is 21.5 Å². The Hall–Kier alpha value is -2.62. The Morgan fingerprint density at radius 1 is 0.667 bits per heavy atom. The molecule has 0 aliphatic carbocycles. The third-order valence-electron chi connectivity index (χ3n) is 5.22. The molecule has 27 heavy (non-hydrogen) atoms. The topological polar surface area (TPSA) is 0 Å². The van der Waals surface area contributed by atoms with E-state index in [9.17, 15) is 17.6 Å². The minimum absolute atomic E-state index is 0.568. The van der Waals surface area contributed by atoms with Gasteiger partial charge in [0.1, 0.15) is 0 Å². The van der Waals surface area contributed by atoms with Gasteiger partial charge in [0.15, 0.2) is 23.3 Å². The Morgan fingerprint density at radius 2 is 1.22 bits per heavy atom. The maximum absolute atomic E-state index is 14.0. The highest BCUT2D eigenvalue weighted by molar-refractivity contribution is 6.19. The van der Waals surface area contributed by atoms with E-state index in [0.717, 1.165) is 41.2 Å². The number of unbranched alkanes of at least 4 members (excludes halogenated alkanes) is 1. The van der Waals surface area contributed by atoms with E-state index in [1.165, 1.54) is 24.3 Å². The first-order chi connectivity index (χ1) is 12.9. The molecule has 0 atom stereocenters. The lowest BCUT2D eigenvalue weighted by Crippen LogP contribution is -1.95. The van der Waals surface area contributed by atoms with Crippen molar-refractivity contribution in [3.63, 3.8) is 0 Å². The Morgan fingerprint density at radius 3 is 1.89 bits per heavy atom. The second kappa shape index (κ2) is 6.52. The fraction of sp³-hybridized carbons (Fsp3) is 0.217. The van der Waals surface area contributed by atoms with Crippen LogP contribution in [0.1, 0.15) is 30.9 Å². The lowest BCUT2D eigenvalue weighted by Gasteiger charge is -2.16. The first-order valence-electron chi connectivity index (χ1n) is 9.03. The summed E-state index contributed by atoms with van der Waals surface area (Å²) in [5, 5.41) is 3.91. The van der Waals surface area contributed by atoms with Gasteiger partial charge in [-0.3, -0.25) is 0 Å². The SMILES string of the molecule is CCCCc1cc2cc(F)c(F)cc2c2cc(C)c3cc(F)c(F)cc3c12. The zero-order valence-corrected chi connectivity index (χ0v) is 15.1. The minimum atomic E-state index is -0.923. The minimum Gasteiger partial charge on any atom is -0.204 e. The lowest BCUT2D eigenvalue weighted by molar-refractivity contribution is 0.511. The standard InChI is InChI=1S/C23H18F4/c1-3-4-5-13-7-14-8-19(24)21(26)10-16(14)17-6-12(2)15-9-20(25)22(27)11-18(15)23(13)17/h6-11H,3-5H2,1-2H3. The van der Waals surface area contributed by atoms with Gasteiger partial charge in [-0.05, 0) is 87.5 Å². The number of fused-ring (bicyclic) bond motifs is 5. The Bertz CT molecular complexity index is 1210. The summed E-state index contributed by atoms with van der Waals surface area (Å²) in [4.78, 5) is 0. The first kappa shape index (κ1) is 17.8. The van der Waals surface area contributed by atoms with E-state index in [-0.39, 0.29) is 0 Å². The Kier molecular flexibility index (Phi) is 4.29. The van der Waals surface area contributed by atoms with Gasteiger partial charge in [-0.25, -0.2) is 17.6 Å². The molecular formula is C23H18F4. The normalized spacial score (nSPS) is 11.8. The molecule has 0 radical (unpaired) electrons. The third kappa shape index (κ3) is 2.84. The molecule has 0 N–H and O–H groups in total. The fourth-order valence-electron chi connectivity index (χ4n) is 3.89. The largest absolute Gasteiger partial charge is 0.204 e. The van der Waals surface area contributed by atoms with Gasteiger partial charge < -0.3 is 0 Å². The molecule has 0 bridgehead atoms. The van der Waals surface area contributed by atoms with Crippen molar-refractivity contribution in [2.24, 2.45) is 0 Å². The number of rotatable bonds is 3. The summed E-state index contributed by atoms with van der Waals surface area (Å²) in [5.74, 6) is -3.63. The van der Waals surface area contributed by atoms with Crippen LogP contribution in [0.4, 0.5) is 17.6 Å². The van der Waals surface area contributed by atoms with E-state index >= 15 is 0 Å². The molecule has 0 aromatic heterocycles. The van der Waals surface area contributed by atoms with Gasteiger partial charge in [0.2, 0.25) is 0 Å². The predicted octanol–water partition coefficient (Wildman–Crippen LogP) is 7.35. The van der Waals surface area contributed by atoms with Crippen molar-refractivity contribution in [1.29, 1.82) is 0 Å². The van der Waals surface area contributed by atoms with Crippen molar-refractivity contribution >= 4 is 32.3 Å². The summed E-state index contributed by atoms with van der Waals surface area (Å²) in [7, 11) is 0. The lowest BCUT2D eigenvalue weighted by atomic mass is 9.89. The van der Waals surface area contributed by atoms with Gasteiger partial charge in [-0.1, -0.05) is 25.5 Å². The highest BCUT2D eigenvalue weighted by Crippen LogP contribution is 2.38. The van der Waals surface area contributed by atoms with Crippen molar-refractivity contribution in [1.82, 2.24) is 0 Å². The van der Waals surface area contributed by atoms with Crippen LogP contribution in [-0.4, -0.2) is 0 Å². The number of halogens is 4. The highest BCUT2D eigenvalue weighted by atomic mass is 19.2. The molecule has 0 aliphatic heterocycles. The second-order valence-corrected chi connectivity index (χ2v) is 7.05. The third-order valence-corrected chi connectivity index (χ3v) is 5.22. The van der Waals surface area contributed by atoms with Crippen LogP contribution in [0.25, 0.3) is 32.3 Å². The fourth-order valence-corrected chi connectivity index (χ4v) is 3.89. The first-order valence-corrected chi connectivity index (χ1v) is 9.03. The van der Waals surface area contributed by atoms with E-state index < -0.39 is 23.3 Å². The van der Waals surface area contributed by atoms with Gasteiger partial charge in [0, 0.05) is 0 Å². The molecule has 4 rings (SSSR count). The van der Waals surface area contributed by atoms with Crippen molar-refractivity contribution in [3.8, 4) is 0 Å². The predicted molar refractivity (Wildman–Crippen MR) is 102 cm³/mol. The van der Waals surface area contributed by atoms with Crippen LogP contribution in [0.15, 0.2) is 36.4 Å². The maximum atomic E-state index is 14.0. The zero-order valence-electron chi connectivity index (χ0n) is 15.1. The number of hydrogen-bond acceptors (Lipinski definition) is 0. The van der Waals surface area contributed by atoms with Crippen LogP contribution in [0, 0.1) is 30.2 Å². The van der Waals surface area contributed by atoms with Crippen molar-refractivity contribution in [3.05, 3.63) is 70.8 Å². The van der Waals surface area contributed by atoms with Crippen LogP contribution in [0.3, 0.4) is 0 Å². The summed E-state index contributed by atoms with van der Waals surface area (Å²) >= 11 is 0. The molecule has 4 aromatic carbocycles.